The molecule has 0 radical (unpaired) electrons. The predicted molar refractivity (Wildman–Crippen MR) is 148 cm³/mol. The van der Waals surface area contributed by atoms with Crippen molar-refractivity contribution in [2.24, 2.45) is 15.7 Å². The van der Waals surface area contributed by atoms with E-state index >= 15 is 0 Å². The van der Waals surface area contributed by atoms with Gasteiger partial charge >= 0.3 is 0 Å². The van der Waals surface area contributed by atoms with Gasteiger partial charge in [0.05, 0.1) is 24.7 Å². The zero-order valence-corrected chi connectivity index (χ0v) is 22.4. The molecule has 0 aliphatic carbocycles. The van der Waals surface area contributed by atoms with Crippen LogP contribution >= 0.6 is 11.8 Å². The van der Waals surface area contributed by atoms with Crippen LogP contribution in [0.25, 0.3) is 0 Å². The molecule has 1 heterocycles. The van der Waals surface area contributed by atoms with Gasteiger partial charge < -0.3 is 20.7 Å². The number of hydrogen-bond donors (Lipinski definition) is 2. The molecule has 0 atom stereocenters. The van der Waals surface area contributed by atoms with Crippen LogP contribution in [0.5, 0.6) is 0 Å². The lowest BCUT2D eigenvalue weighted by molar-refractivity contribution is -0.120. The summed E-state index contributed by atoms with van der Waals surface area (Å²) >= 11 is 1.74. The number of piperidine rings is 1. The number of nitrogens with zero attached hydrogens (tertiary/aromatic N) is 4. The number of allylic oxidation sites excluding steroid dienone is 1. The third kappa shape index (κ3) is 11.3. The van der Waals surface area contributed by atoms with E-state index in [1.165, 1.54) is 43.5 Å². The normalized spacial score (nSPS) is 15.5. The van der Waals surface area contributed by atoms with E-state index in [4.69, 9.17) is 10.5 Å². The molecule has 35 heavy (non-hydrogen) atoms. The molecule has 1 aliphatic rings. The predicted octanol–water partition coefficient (Wildman–Crippen LogP) is 3.24. The Morgan fingerprint density at radius 1 is 1.26 bits per heavy atom. The van der Waals surface area contributed by atoms with Gasteiger partial charge in [-0.15, -0.1) is 0 Å². The molecule has 2 rings (SSSR count). The van der Waals surface area contributed by atoms with E-state index in [0.717, 1.165) is 24.6 Å². The number of rotatable bonds is 14. The second-order valence-corrected chi connectivity index (χ2v) is 9.77. The lowest BCUT2D eigenvalue weighted by Gasteiger charge is -2.27. The van der Waals surface area contributed by atoms with Crippen molar-refractivity contribution in [3.63, 3.8) is 0 Å². The highest BCUT2D eigenvalue weighted by atomic mass is 32.2. The lowest BCUT2D eigenvalue weighted by Crippen LogP contribution is -2.41. The van der Waals surface area contributed by atoms with Crippen molar-refractivity contribution in [2.45, 2.75) is 46.1 Å². The number of benzene rings is 1. The van der Waals surface area contributed by atoms with Crippen molar-refractivity contribution in [2.75, 3.05) is 51.5 Å². The first-order valence-corrected chi connectivity index (χ1v) is 13.7. The first-order valence-electron chi connectivity index (χ1n) is 12.3. The number of carbonyl (C=O) groups excluding carboxylic acids is 1. The maximum atomic E-state index is 12.7. The van der Waals surface area contributed by atoms with Crippen LogP contribution in [0.15, 0.2) is 45.8 Å². The first-order chi connectivity index (χ1) is 16.9. The summed E-state index contributed by atoms with van der Waals surface area (Å²) in [6.07, 6.45) is 6.78. The summed E-state index contributed by atoms with van der Waals surface area (Å²) in [6.45, 7) is 12.2. The Kier molecular flexibility index (Phi) is 13.5. The average molecular weight is 503 g/mol. The van der Waals surface area contributed by atoms with Gasteiger partial charge in [-0.05, 0) is 70.3 Å². The Labute approximate surface area is 215 Å². The molecular formula is C26H42N6O2S. The smallest absolute Gasteiger partial charge is 0.243 e. The Bertz CT molecular complexity index is 867. The molecule has 0 unspecified atom stereocenters. The van der Waals surface area contributed by atoms with Crippen LogP contribution in [0.2, 0.25) is 0 Å². The number of thioether (sulfide) groups is 1. The summed E-state index contributed by atoms with van der Waals surface area (Å²) in [7, 11) is 0. The number of hydrogen-bond acceptors (Lipinski definition) is 7. The van der Waals surface area contributed by atoms with Gasteiger partial charge in [0, 0.05) is 18.8 Å². The van der Waals surface area contributed by atoms with Crippen molar-refractivity contribution in [1.29, 1.82) is 0 Å². The molecule has 0 spiro atoms. The molecule has 0 saturated carbocycles. The lowest BCUT2D eigenvalue weighted by atomic mass is 10.1. The molecule has 8 nitrogen and oxygen atoms in total. The molecule has 0 aromatic heterocycles. The maximum Gasteiger partial charge on any atom is 0.243 e. The molecular weight excluding hydrogens is 460 g/mol. The van der Waals surface area contributed by atoms with Gasteiger partial charge in [0.1, 0.15) is 12.6 Å². The Balaban J connectivity index is 2.02. The molecule has 1 aromatic carbocycles. The first kappa shape index (κ1) is 28.9. The summed E-state index contributed by atoms with van der Waals surface area (Å²) in [5, 5.41) is 2.80. The van der Waals surface area contributed by atoms with E-state index in [-0.39, 0.29) is 25.0 Å². The highest BCUT2D eigenvalue weighted by molar-refractivity contribution is 7.98. The van der Waals surface area contributed by atoms with Crippen molar-refractivity contribution < 1.29 is 9.53 Å². The fraction of sp³-hybridized carbons (Fsp3) is 0.577. The molecule has 3 N–H and O–H groups in total. The van der Waals surface area contributed by atoms with Crippen LogP contribution in [-0.4, -0.2) is 79.8 Å². The van der Waals surface area contributed by atoms with Gasteiger partial charge in [0.25, 0.3) is 0 Å². The zero-order valence-electron chi connectivity index (χ0n) is 21.6. The number of ether oxygens (including phenoxy) is 1. The monoisotopic (exact) mass is 502 g/mol. The Hall–Kier alpha value is -2.36. The number of carbonyl (C=O) groups is 1. The van der Waals surface area contributed by atoms with Gasteiger partial charge in [-0.1, -0.05) is 30.7 Å². The largest absolute Gasteiger partial charge is 0.382 e. The second kappa shape index (κ2) is 16.3. The van der Waals surface area contributed by atoms with Crippen molar-refractivity contribution in [3.8, 4) is 0 Å². The van der Waals surface area contributed by atoms with Crippen LogP contribution in [0.3, 0.4) is 0 Å². The van der Waals surface area contributed by atoms with E-state index < -0.39 is 0 Å². The fourth-order valence-corrected chi connectivity index (χ4v) is 4.21. The molecule has 1 aliphatic heterocycles. The number of amides is 1. The number of nitrogens with two attached hydrogens (primary N) is 1. The number of likely N-dealkylation sites (tertiary alicyclic amines) is 1. The highest BCUT2D eigenvalue weighted by Gasteiger charge is 2.15. The van der Waals surface area contributed by atoms with E-state index in [2.05, 4.69) is 51.2 Å². The fourth-order valence-electron chi connectivity index (χ4n) is 3.93. The van der Waals surface area contributed by atoms with Crippen molar-refractivity contribution in [3.05, 3.63) is 46.9 Å². The van der Waals surface area contributed by atoms with Crippen LogP contribution < -0.4 is 11.1 Å². The van der Waals surface area contributed by atoms with E-state index in [0.29, 0.717) is 18.8 Å². The third-order valence-electron chi connectivity index (χ3n) is 6.01. The minimum atomic E-state index is -0.175. The Morgan fingerprint density at radius 2 is 2.00 bits per heavy atom. The topological polar surface area (TPSA) is 95.5 Å². The van der Waals surface area contributed by atoms with E-state index in [9.17, 15) is 4.79 Å². The third-order valence-corrected chi connectivity index (χ3v) is 6.58. The SMILES string of the molecule is C=N/C(N)=C(\C)NC(=O)CN(CCc1cccc(CN2CCCCC2)c1)/C(C)=N/COCCSC. The van der Waals surface area contributed by atoms with Gasteiger partial charge in [-0.25, -0.2) is 9.98 Å². The molecule has 1 aromatic rings. The minimum Gasteiger partial charge on any atom is -0.382 e. The van der Waals surface area contributed by atoms with Gasteiger partial charge in [-0.3, -0.25) is 9.69 Å². The van der Waals surface area contributed by atoms with Crippen LogP contribution in [0.4, 0.5) is 0 Å². The average Bonchev–Trinajstić information content (AvgIpc) is 2.86. The molecule has 1 amide bonds. The number of amidine groups is 1. The van der Waals surface area contributed by atoms with Gasteiger partial charge in [-0.2, -0.15) is 11.8 Å². The zero-order chi connectivity index (χ0) is 25.5. The quantitative estimate of drug-likeness (QED) is 0.230. The van der Waals surface area contributed by atoms with Crippen LogP contribution in [0.1, 0.15) is 44.2 Å². The van der Waals surface area contributed by atoms with E-state index in [1.807, 2.05) is 18.1 Å². The maximum absolute atomic E-state index is 12.7. The molecule has 194 valence electrons. The molecule has 9 heteroatoms. The van der Waals surface area contributed by atoms with Crippen LogP contribution in [-0.2, 0) is 22.5 Å². The summed E-state index contributed by atoms with van der Waals surface area (Å²) in [5.41, 5.74) is 8.84. The van der Waals surface area contributed by atoms with Gasteiger partial charge in [0.15, 0.2) is 0 Å². The highest BCUT2D eigenvalue weighted by Crippen LogP contribution is 2.15. The Morgan fingerprint density at radius 3 is 2.71 bits per heavy atom. The minimum absolute atomic E-state index is 0.162. The number of nitrogens with one attached hydrogen (secondary N) is 1. The summed E-state index contributed by atoms with van der Waals surface area (Å²) < 4.78 is 5.58. The van der Waals surface area contributed by atoms with Crippen molar-refractivity contribution >= 4 is 30.2 Å². The summed E-state index contributed by atoms with van der Waals surface area (Å²) in [4.78, 5) is 25.4. The molecule has 1 saturated heterocycles. The van der Waals surface area contributed by atoms with Gasteiger partial charge in [0.2, 0.25) is 5.91 Å². The summed E-state index contributed by atoms with van der Waals surface area (Å²) in [5.74, 6) is 1.73. The number of aliphatic imine (C=N–C) groups is 2. The second-order valence-electron chi connectivity index (χ2n) is 8.78. The molecule has 0 bridgehead atoms. The summed E-state index contributed by atoms with van der Waals surface area (Å²) in [6, 6.07) is 8.77. The standard InChI is InChI=1S/C26H42N6O2S/c1-21(26(27)28-3)30-25(33)19-32(22(2)29-20-34-15-16-35-4)14-11-23-9-8-10-24(17-23)18-31-12-6-5-7-13-31/h8-10,17H,3,5-7,11-16,18-20,27H2,1-2,4H3,(H,30,33)/b26-21+,29-22+. The molecule has 1 fully saturated rings. The van der Waals surface area contributed by atoms with Crippen LogP contribution in [0, 0.1) is 0 Å². The van der Waals surface area contributed by atoms with Crippen molar-refractivity contribution in [1.82, 2.24) is 15.1 Å². The van der Waals surface area contributed by atoms with E-state index in [1.54, 1.807) is 18.7 Å².